The number of carbonyl (C=O) groups is 1. The Morgan fingerprint density at radius 1 is 1.09 bits per heavy atom. The van der Waals surface area contributed by atoms with Crippen molar-refractivity contribution >= 4 is 11.5 Å². The predicted molar refractivity (Wildman–Crippen MR) is 129 cm³/mol. The van der Waals surface area contributed by atoms with Crippen molar-refractivity contribution in [3.63, 3.8) is 0 Å². The summed E-state index contributed by atoms with van der Waals surface area (Å²) in [4.78, 5) is 16.9. The molecular formula is C26H34N2O6. The number of fused-ring (bicyclic) bond motifs is 1. The van der Waals surface area contributed by atoms with Crippen molar-refractivity contribution in [1.82, 2.24) is 4.90 Å². The minimum Gasteiger partial charge on any atom is -0.493 e. The van der Waals surface area contributed by atoms with Crippen molar-refractivity contribution in [3.8, 4) is 17.2 Å². The van der Waals surface area contributed by atoms with Gasteiger partial charge in [-0.1, -0.05) is 12.1 Å². The van der Waals surface area contributed by atoms with Crippen LogP contribution in [0.5, 0.6) is 17.2 Å². The number of nitrogens with zero attached hydrogens (tertiary/aromatic N) is 2. The van der Waals surface area contributed by atoms with Crippen LogP contribution in [0.2, 0.25) is 0 Å². The fourth-order valence-electron chi connectivity index (χ4n) is 4.44. The first-order valence-corrected chi connectivity index (χ1v) is 11.9. The minimum absolute atomic E-state index is 0.0610. The summed E-state index contributed by atoms with van der Waals surface area (Å²) in [6, 6.07) is 11.6. The van der Waals surface area contributed by atoms with Crippen molar-refractivity contribution in [2.45, 2.75) is 32.7 Å². The number of anilines is 1. The van der Waals surface area contributed by atoms with E-state index in [1.807, 2.05) is 25.1 Å². The van der Waals surface area contributed by atoms with Crippen molar-refractivity contribution in [3.05, 3.63) is 47.5 Å². The van der Waals surface area contributed by atoms with Gasteiger partial charge in [0.15, 0.2) is 17.3 Å². The van der Waals surface area contributed by atoms with Gasteiger partial charge >= 0.3 is 0 Å². The number of rotatable bonds is 9. The Labute approximate surface area is 201 Å². The molecule has 1 N–H and O–H groups in total. The third kappa shape index (κ3) is 5.46. The van der Waals surface area contributed by atoms with Gasteiger partial charge in [0, 0.05) is 38.3 Å². The van der Waals surface area contributed by atoms with E-state index in [0.29, 0.717) is 36.8 Å². The van der Waals surface area contributed by atoms with Crippen molar-refractivity contribution in [1.29, 1.82) is 0 Å². The maximum atomic E-state index is 12.4. The number of aliphatic hydroxyl groups excluding tert-OH is 1. The highest BCUT2D eigenvalue weighted by molar-refractivity contribution is 6.01. The second-order valence-electron chi connectivity index (χ2n) is 8.63. The number of hydrogen-bond donors (Lipinski definition) is 1. The lowest BCUT2D eigenvalue weighted by Crippen LogP contribution is -2.49. The number of aliphatic hydroxyl groups is 1. The maximum absolute atomic E-state index is 12.4. The van der Waals surface area contributed by atoms with Crippen LogP contribution in [0.3, 0.4) is 0 Å². The van der Waals surface area contributed by atoms with Gasteiger partial charge in [0.25, 0.3) is 0 Å². The third-order valence-corrected chi connectivity index (χ3v) is 6.29. The second kappa shape index (κ2) is 11.1. The zero-order valence-electron chi connectivity index (χ0n) is 20.2. The molecule has 2 aromatic carbocycles. The molecule has 2 unspecified atom stereocenters. The largest absolute Gasteiger partial charge is 0.493 e. The normalized spacial score (nSPS) is 19.5. The maximum Gasteiger partial charge on any atom is 0.191 e. The van der Waals surface area contributed by atoms with E-state index in [2.05, 4.69) is 15.9 Å². The lowest BCUT2D eigenvalue weighted by molar-refractivity contribution is 0.0333. The van der Waals surface area contributed by atoms with E-state index in [-0.39, 0.29) is 12.4 Å². The van der Waals surface area contributed by atoms with E-state index >= 15 is 0 Å². The average molecular weight is 471 g/mol. The Morgan fingerprint density at radius 2 is 1.85 bits per heavy atom. The predicted octanol–water partition coefficient (Wildman–Crippen LogP) is 2.76. The summed E-state index contributed by atoms with van der Waals surface area (Å²) < 4.78 is 22.6. The number of β-amino-alcohol motifs (C(OH)–C–C–N with tert-alkyl or cyclic N) is 1. The molecular weight excluding hydrogens is 436 g/mol. The zero-order chi connectivity index (χ0) is 24.1. The molecule has 0 aliphatic carbocycles. The van der Waals surface area contributed by atoms with Crippen LogP contribution < -0.4 is 19.1 Å². The standard InChI is InChI=1S/C26H34N2O6/c1-4-32-23-8-6-5-7-22(23)28-11-9-27(10-12-28)15-20(29)17-34-25-13-19-16-33-18(2)26(30)21(19)14-24(25)31-3/h5-8,13-14,18,20,29H,4,9-12,15-17H2,1-3H3. The molecule has 2 aliphatic rings. The average Bonchev–Trinajstić information content (AvgIpc) is 2.86. The molecule has 0 bridgehead atoms. The first-order chi connectivity index (χ1) is 16.5. The highest BCUT2D eigenvalue weighted by Gasteiger charge is 2.27. The molecule has 1 saturated heterocycles. The number of hydrogen-bond acceptors (Lipinski definition) is 8. The van der Waals surface area contributed by atoms with Crippen LogP contribution in [-0.2, 0) is 11.3 Å². The first kappa shape index (κ1) is 24.3. The highest BCUT2D eigenvalue weighted by Crippen LogP contribution is 2.34. The summed E-state index contributed by atoms with van der Waals surface area (Å²) in [6.45, 7) is 8.80. The molecule has 184 valence electrons. The van der Waals surface area contributed by atoms with Gasteiger partial charge in [-0.05, 0) is 43.7 Å². The van der Waals surface area contributed by atoms with E-state index in [4.69, 9.17) is 18.9 Å². The molecule has 0 saturated carbocycles. The number of Topliss-reactive ketones (excluding diaryl/α,β-unsaturated/α-hetero) is 1. The monoisotopic (exact) mass is 470 g/mol. The number of ether oxygens (including phenoxy) is 4. The molecule has 2 heterocycles. The Hall–Kier alpha value is -2.81. The molecule has 0 radical (unpaired) electrons. The van der Waals surface area contributed by atoms with Gasteiger partial charge in [-0.2, -0.15) is 0 Å². The van der Waals surface area contributed by atoms with Gasteiger partial charge in [-0.3, -0.25) is 9.69 Å². The Balaban J connectivity index is 1.30. The summed E-state index contributed by atoms with van der Waals surface area (Å²) in [5.41, 5.74) is 2.49. The van der Waals surface area contributed by atoms with Crippen LogP contribution in [0.15, 0.2) is 36.4 Å². The van der Waals surface area contributed by atoms with Gasteiger partial charge in [0.1, 0.15) is 24.6 Å². The topological polar surface area (TPSA) is 80.7 Å². The Morgan fingerprint density at radius 3 is 2.59 bits per heavy atom. The molecule has 4 rings (SSSR count). The van der Waals surface area contributed by atoms with Crippen LogP contribution in [-0.4, -0.2) is 81.0 Å². The Kier molecular flexibility index (Phi) is 7.92. The molecule has 2 aliphatic heterocycles. The number of piperazine rings is 1. The SMILES string of the molecule is CCOc1ccccc1N1CCN(CC(O)COc2cc3c(cc2OC)C(=O)C(C)OC3)CC1. The van der Waals surface area contributed by atoms with Gasteiger partial charge < -0.3 is 29.0 Å². The molecule has 2 aromatic rings. The summed E-state index contributed by atoms with van der Waals surface area (Å²) >= 11 is 0. The summed E-state index contributed by atoms with van der Waals surface area (Å²) in [6.07, 6.45) is -1.11. The van der Waals surface area contributed by atoms with E-state index in [1.54, 1.807) is 26.2 Å². The number of carbonyl (C=O) groups excluding carboxylic acids is 1. The zero-order valence-corrected chi connectivity index (χ0v) is 20.2. The van der Waals surface area contributed by atoms with E-state index in [1.165, 1.54) is 0 Å². The second-order valence-corrected chi connectivity index (χ2v) is 8.63. The van der Waals surface area contributed by atoms with Crippen LogP contribution in [0.1, 0.15) is 29.8 Å². The van der Waals surface area contributed by atoms with Crippen molar-refractivity contribution in [2.24, 2.45) is 0 Å². The number of para-hydroxylation sites is 2. The smallest absolute Gasteiger partial charge is 0.191 e. The molecule has 0 spiro atoms. The third-order valence-electron chi connectivity index (χ3n) is 6.29. The first-order valence-electron chi connectivity index (χ1n) is 11.9. The molecule has 34 heavy (non-hydrogen) atoms. The fraction of sp³-hybridized carbons (Fsp3) is 0.500. The molecule has 2 atom stereocenters. The summed E-state index contributed by atoms with van der Waals surface area (Å²) in [5, 5.41) is 10.6. The van der Waals surface area contributed by atoms with Crippen LogP contribution in [0.4, 0.5) is 5.69 Å². The molecule has 8 nitrogen and oxygen atoms in total. The number of methoxy groups -OCH3 is 1. The van der Waals surface area contributed by atoms with Crippen LogP contribution >= 0.6 is 0 Å². The molecule has 1 fully saturated rings. The van der Waals surface area contributed by atoms with Crippen LogP contribution in [0, 0.1) is 0 Å². The lowest BCUT2D eigenvalue weighted by Gasteiger charge is -2.37. The summed E-state index contributed by atoms with van der Waals surface area (Å²) in [7, 11) is 1.54. The lowest BCUT2D eigenvalue weighted by atomic mass is 9.97. The van der Waals surface area contributed by atoms with Crippen molar-refractivity contribution < 1.29 is 28.8 Å². The van der Waals surface area contributed by atoms with E-state index in [9.17, 15) is 9.90 Å². The van der Waals surface area contributed by atoms with Crippen molar-refractivity contribution in [2.75, 3.05) is 57.9 Å². The summed E-state index contributed by atoms with van der Waals surface area (Å²) in [5.74, 6) is 1.83. The minimum atomic E-state index is -0.652. The van der Waals surface area contributed by atoms with Gasteiger partial charge in [-0.25, -0.2) is 0 Å². The molecule has 8 heteroatoms. The van der Waals surface area contributed by atoms with Gasteiger partial charge in [-0.15, -0.1) is 0 Å². The quantitative estimate of drug-likeness (QED) is 0.599. The molecule has 0 aromatic heterocycles. The fourth-order valence-corrected chi connectivity index (χ4v) is 4.44. The van der Waals surface area contributed by atoms with Gasteiger partial charge in [0.2, 0.25) is 0 Å². The van der Waals surface area contributed by atoms with E-state index < -0.39 is 12.2 Å². The van der Waals surface area contributed by atoms with E-state index in [0.717, 1.165) is 43.2 Å². The Bertz CT molecular complexity index is 989. The molecule has 0 amide bonds. The highest BCUT2D eigenvalue weighted by atomic mass is 16.5. The number of benzene rings is 2. The number of ketones is 1. The van der Waals surface area contributed by atoms with Crippen LogP contribution in [0.25, 0.3) is 0 Å². The van der Waals surface area contributed by atoms with Gasteiger partial charge in [0.05, 0.1) is 26.0 Å².